The summed E-state index contributed by atoms with van der Waals surface area (Å²) in [6.07, 6.45) is 9.37. The van der Waals surface area contributed by atoms with Crippen molar-refractivity contribution in [1.29, 1.82) is 0 Å². The molecule has 0 aliphatic carbocycles. The minimum absolute atomic E-state index is 0.552. The highest BCUT2D eigenvalue weighted by Crippen LogP contribution is 2.48. The van der Waals surface area contributed by atoms with E-state index in [0.29, 0.717) is 12.7 Å². The predicted molar refractivity (Wildman–Crippen MR) is 170 cm³/mol. The summed E-state index contributed by atoms with van der Waals surface area (Å²) in [6.45, 7) is 9.36. The predicted octanol–water partition coefficient (Wildman–Crippen LogP) is 5.28. The van der Waals surface area contributed by atoms with E-state index in [0.717, 1.165) is 10.9 Å². The number of hydrogen-bond acceptors (Lipinski definition) is 3. The maximum Gasteiger partial charge on any atom is 0.299 e. The van der Waals surface area contributed by atoms with Gasteiger partial charge in [0.25, 0.3) is 6.55 Å². The molecular weight excluding hydrogens is 504 g/mol. The van der Waals surface area contributed by atoms with E-state index in [-0.39, 0.29) is 0 Å². The molecule has 0 saturated carbocycles. The molecule has 0 radical (unpaired) electrons. The molecule has 1 saturated heterocycles. The number of nitrogens with one attached hydrogen (secondary N) is 1. The highest BCUT2D eigenvalue weighted by molar-refractivity contribution is 8.18. The number of quaternary nitrogens is 1. The second-order valence-electron chi connectivity index (χ2n) is 10.4. The Bertz CT molecular complexity index is 1010. The fourth-order valence-corrected chi connectivity index (χ4v) is 7.75. The SMILES string of the molecule is CCCC[NH+](CCCC)CCCC.S=P1(c2ccccc2)CO[B-](c2ccccc2)(c2ccccc2)OC1. The zero-order chi connectivity index (χ0) is 27.1. The van der Waals surface area contributed by atoms with Gasteiger partial charge in [0, 0.05) is 18.7 Å². The van der Waals surface area contributed by atoms with Crippen LogP contribution in [0, 0.1) is 0 Å². The number of unbranched alkanes of at least 4 members (excludes halogenated alkanes) is 3. The maximum atomic E-state index is 6.49. The Balaban J connectivity index is 0.000000263. The Labute approximate surface area is 236 Å². The van der Waals surface area contributed by atoms with Gasteiger partial charge in [0.15, 0.2) is 0 Å². The zero-order valence-corrected chi connectivity index (χ0v) is 25.4. The molecule has 1 aliphatic heterocycles. The fourth-order valence-electron chi connectivity index (χ4n) is 5.03. The van der Waals surface area contributed by atoms with Crippen LogP contribution in [0.4, 0.5) is 0 Å². The second kappa shape index (κ2) is 16.4. The second-order valence-corrected chi connectivity index (χ2v) is 15.3. The molecule has 0 aromatic heterocycles. The molecule has 3 aromatic rings. The molecule has 6 heteroatoms. The van der Waals surface area contributed by atoms with E-state index in [1.807, 2.05) is 59.5 Å². The molecule has 0 atom stereocenters. The fraction of sp³-hybridized carbons (Fsp3) is 0.438. The third-order valence-corrected chi connectivity index (χ3v) is 11.0. The average Bonchev–Trinajstić information content (AvgIpc) is 2.99. The van der Waals surface area contributed by atoms with Crippen LogP contribution in [0.1, 0.15) is 59.3 Å². The molecule has 1 heterocycles. The first-order chi connectivity index (χ1) is 18.6. The lowest BCUT2D eigenvalue weighted by Crippen LogP contribution is -3.12. The summed E-state index contributed by atoms with van der Waals surface area (Å²) < 4.78 is 13.0. The zero-order valence-electron chi connectivity index (χ0n) is 23.7. The van der Waals surface area contributed by atoms with Crippen LogP contribution in [0.2, 0.25) is 0 Å². The van der Waals surface area contributed by atoms with Gasteiger partial charge in [0.1, 0.15) is 0 Å². The third-order valence-electron chi connectivity index (χ3n) is 7.39. The van der Waals surface area contributed by atoms with Crippen molar-refractivity contribution in [3.05, 3.63) is 91.0 Å². The van der Waals surface area contributed by atoms with E-state index >= 15 is 0 Å². The molecular formula is C32H47BNO2PS. The largest absolute Gasteiger partial charge is 0.557 e. The number of rotatable bonds is 12. The van der Waals surface area contributed by atoms with Crippen molar-refractivity contribution >= 4 is 40.6 Å². The Morgan fingerprint density at radius 1 is 0.632 bits per heavy atom. The van der Waals surface area contributed by atoms with Crippen molar-refractivity contribution in [2.24, 2.45) is 0 Å². The minimum Gasteiger partial charge on any atom is -0.557 e. The third kappa shape index (κ3) is 8.63. The smallest absolute Gasteiger partial charge is 0.299 e. The highest BCUT2D eigenvalue weighted by Gasteiger charge is 2.38. The van der Waals surface area contributed by atoms with Crippen molar-refractivity contribution < 1.29 is 14.2 Å². The van der Waals surface area contributed by atoms with E-state index in [1.165, 1.54) is 63.5 Å². The molecule has 3 aromatic carbocycles. The van der Waals surface area contributed by atoms with Crippen molar-refractivity contribution in [3.8, 4) is 0 Å². The Morgan fingerprint density at radius 2 is 1.00 bits per heavy atom. The first kappa shape index (κ1) is 30.8. The van der Waals surface area contributed by atoms with Crippen LogP contribution in [-0.4, -0.2) is 38.9 Å². The van der Waals surface area contributed by atoms with Gasteiger partial charge in [0.05, 0.1) is 19.6 Å². The maximum absolute atomic E-state index is 6.49. The van der Waals surface area contributed by atoms with E-state index in [2.05, 4.69) is 57.2 Å². The lowest BCUT2D eigenvalue weighted by atomic mass is 9.46. The minimum atomic E-state index is -1.88. The quantitative estimate of drug-likeness (QED) is 0.245. The molecule has 1 aliphatic rings. The van der Waals surface area contributed by atoms with E-state index in [4.69, 9.17) is 21.1 Å². The molecule has 0 unspecified atom stereocenters. The topological polar surface area (TPSA) is 22.9 Å². The summed E-state index contributed by atoms with van der Waals surface area (Å²) in [5.41, 5.74) is 2.12. The van der Waals surface area contributed by atoms with Gasteiger partial charge in [0.2, 0.25) is 0 Å². The molecule has 0 spiro atoms. The van der Waals surface area contributed by atoms with E-state index in [1.54, 1.807) is 0 Å². The summed E-state index contributed by atoms with van der Waals surface area (Å²) in [5.74, 6) is 0. The molecule has 3 nitrogen and oxygen atoms in total. The first-order valence-electron chi connectivity index (χ1n) is 14.6. The van der Waals surface area contributed by atoms with Crippen molar-refractivity contribution in [3.63, 3.8) is 0 Å². The summed E-state index contributed by atoms with van der Waals surface area (Å²) in [4.78, 5) is 1.84. The van der Waals surface area contributed by atoms with Gasteiger partial charge >= 0.3 is 0 Å². The van der Waals surface area contributed by atoms with Gasteiger partial charge < -0.3 is 14.2 Å². The van der Waals surface area contributed by atoms with Crippen LogP contribution in [-0.2, 0) is 21.1 Å². The molecule has 0 bridgehead atoms. The lowest BCUT2D eigenvalue weighted by molar-refractivity contribution is -0.900. The van der Waals surface area contributed by atoms with Gasteiger partial charge in [-0.15, -0.1) is 10.9 Å². The van der Waals surface area contributed by atoms with Crippen LogP contribution < -0.4 is 21.1 Å². The van der Waals surface area contributed by atoms with Crippen molar-refractivity contribution in [2.45, 2.75) is 59.3 Å². The standard InChI is InChI=1S/C20H19BO2PS.C12H27N/c25-24(20-14-8-3-9-15-20)16-22-21(23-17-24,18-10-4-1-5-11-18)19-12-6-2-7-13-19;1-4-7-10-13(11-8-5-2)12-9-6-3/h1-15H,16-17H2;4-12H2,1-3H3/q-1;/p+1. The van der Waals surface area contributed by atoms with Gasteiger partial charge in [-0.1, -0.05) is 143 Å². The monoisotopic (exact) mass is 551 g/mol. The summed E-state index contributed by atoms with van der Waals surface area (Å²) >= 11 is 5.99. The molecule has 0 amide bonds. The van der Waals surface area contributed by atoms with Crippen LogP contribution in [0.25, 0.3) is 0 Å². The Morgan fingerprint density at radius 3 is 1.37 bits per heavy atom. The summed E-state index contributed by atoms with van der Waals surface area (Å²) in [7, 11) is 0. The molecule has 1 N–H and O–H groups in total. The Kier molecular flexibility index (Phi) is 13.3. The van der Waals surface area contributed by atoms with Gasteiger partial charge in [-0.2, -0.15) is 0 Å². The number of hydrogen-bond donors (Lipinski definition) is 1. The average molecular weight is 552 g/mol. The van der Waals surface area contributed by atoms with E-state index < -0.39 is 12.6 Å². The molecule has 4 rings (SSSR count). The number of benzene rings is 3. The van der Waals surface area contributed by atoms with Crippen LogP contribution in [0.3, 0.4) is 0 Å². The normalized spacial score (nSPS) is 16.0. The van der Waals surface area contributed by atoms with Crippen molar-refractivity contribution in [1.82, 2.24) is 0 Å². The van der Waals surface area contributed by atoms with Gasteiger partial charge in [-0.3, -0.25) is 0 Å². The van der Waals surface area contributed by atoms with Crippen LogP contribution in [0.5, 0.6) is 0 Å². The summed E-state index contributed by atoms with van der Waals surface area (Å²) in [6, 6.07) is 28.8. The van der Waals surface area contributed by atoms with E-state index in [9.17, 15) is 0 Å². The first-order valence-corrected chi connectivity index (χ1v) is 17.8. The molecule has 38 heavy (non-hydrogen) atoms. The summed E-state index contributed by atoms with van der Waals surface area (Å²) in [5, 5.41) is 1.18. The molecule has 206 valence electrons. The Hall–Kier alpha value is -1.75. The molecule has 1 fully saturated rings. The van der Waals surface area contributed by atoms with Gasteiger partial charge in [-0.25, -0.2) is 0 Å². The van der Waals surface area contributed by atoms with Crippen molar-refractivity contribution in [2.75, 3.05) is 32.3 Å². The lowest BCUT2D eigenvalue weighted by Gasteiger charge is -2.50. The van der Waals surface area contributed by atoms with Crippen LogP contribution in [0.15, 0.2) is 91.0 Å². The highest BCUT2D eigenvalue weighted by atomic mass is 32.4. The van der Waals surface area contributed by atoms with Gasteiger partial charge in [-0.05, 0) is 24.6 Å². The van der Waals surface area contributed by atoms with Crippen LogP contribution >= 0.6 is 6.04 Å².